The number of allylic oxidation sites excluding steroid dienone is 2. The van der Waals surface area contributed by atoms with Crippen molar-refractivity contribution < 1.29 is 5.11 Å². The van der Waals surface area contributed by atoms with Crippen LogP contribution in [0.5, 0.6) is 0 Å². The number of likely N-dealkylation sites (tertiary alicyclic amines) is 1. The normalized spacial score (nSPS) is 35.8. The van der Waals surface area contributed by atoms with Crippen molar-refractivity contribution in [1.82, 2.24) is 4.90 Å². The molecule has 1 saturated heterocycles. The van der Waals surface area contributed by atoms with Crippen LogP contribution in [0.3, 0.4) is 0 Å². The maximum Gasteiger partial charge on any atom is 0.0615 e. The molecule has 2 atom stereocenters. The molecule has 2 aliphatic rings. The Labute approximate surface area is 99.3 Å². The Hall–Kier alpha value is -0.340. The minimum absolute atomic E-state index is 0.112. The number of aliphatic hydroxyl groups excluding tert-OH is 1. The molecule has 0 bridgehead atoms. The van der Waals surface area contributed by atoms with E-state index >= 15 is 0 Å². The maximum atomic E-state index is 9.66. The second-order valence-corrected chi connectivity index (χ2v) is 5.44. The summed E-state index contributed by atoms with van der Waals surface area (Å²) in [5.41, 5.74) is 0.112. The molecule has 0 spiro atoms. The molecule has 2 rings (SSSR count). The zero-order valence-electron chi connectivity index (χ0n) is 10.5. The number of rotatable bonds is 4. The molecular weight excluding hydrogens is 198 g/mol. The summed E-state index contributed by atoms with van der Waals surface area (Å²) in [5, 5.41) is 9.66. The first-order valence-corrected chi connectivity index (χ1v) is 6.81. The van der Waals surface area contributed by atoms with E-state index in [2.05, 4.69) is 24.0 Å². The third-order valence-corrected chi connectivity index (χ3v) is 4.55. The summed E-state index contributed by atoms with van der Waals surface area (Å²) in [6.07, 6.45) is 12.0. The number of nitrogens with zero attached hydrogens (tertiary/aromatic N) is 1. The highest BCUT2D eigenvalue weighted by Gasteiger charge is 2.39. The third-order valence-electron chi connectivity index (χ3n) is 4.55. The van der Waals surface area contributed by atoms with E-state index in [-0.39, 0.29) is 5.54 Å². The van der Waals surface area contributed by atoms with E-state index in [0.29, 0.717) is 6.61 Å². The van der Waals surface area contributed by atoms with E-state index in [1.165, 1.54) is 45.2 Å². The van der Waals surface area contributed by atoms with Crippen LogP contribution in [0.1, 0.15) is 45.4 Å². The minimum atomic E-state index is 0.112. The average Bonchev–Trinajstić information content (AvgIpc) is 2.74. The van der Waals surface area contributed by atoms with Crippen molar-refractivity contribution in [1.29, 1.82) is 0 Å². The van der Waals surface area contributed by atoms with Crippen LogP contribution >= 0.6 is 0 Å². The first-order valence-electron chi connectivity index (χ1n) is 6.81. The van der Waals surface area contributed by atoms with Gasteiger partial charge in [-0.1, -0.05) is 19.1 Å². The highest BCUT2D eigenvalue weighted by atomic mass is 16.3. The van der Waals surface area contributed by atoms with Crippen molar-refractivity contribution in [2.45, 2.75) is 51.0 Å². The SMILES string of the molecule is CC[C@@]1(CO)CCCN1C[C@@H]1CC=CCC1. The van der Waals surface area contributed by atoms with Crippen LogP contribution < -0.4 is 0 Å². The predicted octanol–water partition coefficient (Wildman–Crippen LogP) is 2.58. The zero-order valence-corrected chi connectivity index (χ0v) is 10.5. The van der Waals surface area contributed by atoms with Crippen LogP contribution in [0.2, 0.25) is 0 Å². The largest absolute Gasteiger partial charge is 0.394 e. The van der Waals surface area contributed by atoms with Crippen molar-refractivity contribution >= 4 is 0 Å². The van der Waals surface area contributed by atoms with E-state index in [0.717, 1.165) is 12.3 Å². The second kappa shape index (κ2) is 5.33. The molecule has 0 aromatic rings. The Balaban J connectivity index is 1.94. The van der Waals surface area contributed by atoms with E-state index in [1.807, 2.05) is 0 Å². The number of hydrogen-bond donors (Lipinski definition) is 1. The molecule has 1 N–H and O–H groups in total. The van der Waals surface area contributed by atoms with Gasteiger partial charge >= 0.3 is 0 Å². The number of aliphatic hydroxyl groups is 1. The summed E-state index contributed by atoms with van der Waals surface area (Å²) in [6.45, 7) is 4.94. The molecule has 92 valence electrons. The van der Waals surface area contributed by atoms with Gasteiger partial charge in [0.15, 0.2) is 0 Å². The summed E-state index contributed by atoms with van der Waals surface area (Å²) in [4.78, 5) is 2.57. The molecular formula is C14H25NO. The lowest BCUT2D eigenvalue weighted by atomic mass is 9.90. The van der Waals surface area contributed by atoms with Gasteiger partial charge in [-0.2, -0.15) is 0 Å². The zero-order chi connectivity index (χ0) is 11.4. The van der Waals surface area contributed by atoms with E-state index < -0.39 is 0 Å². The van der Waals surface area contributed by atoms with Gasteiger partial charge in [0.2, 0.25) is 0 Å². The Bertz CT molecular complexity index is 245. The quantitative estimate of drug-likeness (QED) is 0.740. The maximum absolute atomic E-state index is 9.66. The standard InChI is InChI=1S/C14H25NO/c1-2-14(12-16)9-6-10-15(14)11-13-7-4-3-5-8-13/h3-4,13,16H,2,5-12H2,1H3/t13-,14+/m1/s1. The molecule has 0 saturated carbocycles. The van der Waals surface area contributed by atoms with Gasteiger partial charge in [-0.15, -0.1) is 0 Å². The summed E-state index contributed by atoms with van der Waals surface area (Å²) in [6, 6.07) is 0. The highest BCUT2D eigenvalue weighted by molar-refractivity contribution is 4.97. The molecule has 0 amide bonds. The lowest BCUT2D eigenvalue weighted by molar-refractivity contribution is 0.0477. The van der Waals surface area contributed by atoms with Crippen LogP contribution in [0.25, 0.3) is 0 Å². The summed E-state index contributed by atoms with van der Waals surface area (Å²) >= 11 is 0. The average molecular weight is 223 g/mol. The van der Waals surface area contributed by atoms with Gasteiger partial charge in [-0.25, -0.2) is 0 Å². The molecule has 1 fully saturated rings. The van der Waals surface area contributed by atoms with Crippen LogP contribution in [0.15, 0.2) is 12.2 Å². The summed E-state index contributed by atoms with van der Waals surface area (Å²) < 4.78 is 0. The van der Waals surface area contributed by atoms with Crippen LogP contribution in [-0.4, -0.2) is 35.2 Å². The first-order chi connectivity index (χ1) is 7.80. The molecule has 1 heterocycles. The molecule has 0 unspecified atom stereocenters. The summed E-state index contributed by atoms with van der Waals surface area (Å²) in [7, 11) is 0. The summed E-state index contributed by atoms with van der Waals surface area (Å²) in [5.74, 6) is 0.820. The van der Waals surface area contributed by atoms with Gasteiger partial charge in [0.05, 0.1) is 6.61 Å². The second-order valence-electron chi connectivity index (χ2n) is 5.44. The lowest BCUT2D eigenvalue weighted by Crippen LogP contribution is -2.48. The fourth-order valence-corrected chi connectivity index (χ4v) is 3.30. The Kier molecular flexibility index (Phi) is 4.04. The lowest BCUT2D eigenvalue weighted by Gasteiger charge is -2.38. The molecule has 2 heteroatoms. The highest BCUT2D eigenvalue weighted by Crippen LogP contribution is 2.34. The number of hydrogen-bond acceptors (Lipinski definition) is 2. The van der Waals surface area contributed by atoms with Gasteiger partial charge in [-0.05, 0) is 51.0 Å². The van der Waals surface area contributed by atoms with Crippen molar-refractivity contribution in [3.8, 4) is 0 Å². The van der Waals surface area contributed by atoms with Crippen molar-refractivity contribution in [2.24, 2.45) is 5.92 Å². The van der Waals surface area contributed by atoms with Gasteiger partial charge in [-0.3, -0.25) is 4.90 Å². The Morgan fingerprint density at radius 3 is 2.94 bits per heavy atom. The fourth-order valence-electron chi connectivity index (χ4n) is 3.30. The Morgan fingerprint density at radius 1 is 1.44 bits per heavy atom. The van der Waals surface area contributed by atoms with E-state index in [1.54, 1.807) is 0 Å². The van der Waals surface area contributed by atoms with E-state index in [9.17, 15) is 5.11 Å². The van der Waals surface area contributed by atoms with Crippen molar-refractivity contribution in [3.05, 3.63) is 12.2 Å². The predicted molar refractivity (Wildman–Crippen MR) is 67.4 cm³/mol. The topological polar surface area (TPSA) is 23.5 Å². The fraction of sp³-hybridized carbons (Fsp3) is 0.857. The van der Waals surface area contributed by atoms with Crippen LogP contribution in [-0.2, 0) is 0 Å². The third kappa shape index (κ3) is 2.33. The van der Waals surface area contributed by atoms with Crippen molar-refractivity contribution in [3.63, 3.8) is 0 Å². The van der Waals surface area contributed by atoms with Crippen LogP contribution in [0, 0.1) is 5.92 Å². The van der Waals surface area contributed by atoms with Crippen molar-refractivity contribution in [2.75, 3.05) is 19.7 Å². The van der Waals surface area contributed by atoms with Gasteiger partial charge in [0.25, 0.3) is 0 Å². The molecule has 0 radical (unpaired) electrons. The van der Waals surface area contributed by atoms with Gasteiger partial charge < -0.3 is 5.11 Å². The monoisotopic (exact) mass is 223 g/mol. The molecule has 2 nitrogen and oxygen atoms in total. The molecule has 0 aromatic heterocycles. The van der Waals surface area contributed by atoms with Gasteiger partial charge in [0, 0.05) is 12.1 Å². The molecule has 1 aliphatic heterocycles. The Morgan fingerprint density at radius 2 is 2.31 bits per heavy atom. The van der Waals surface area contributed by atoms with Gasteiger partial charge in [0.1, 0.15) is 0 Å². The molecule has 1 aliphatic carbocycles. The minimum Gasteiger partial charge on any atom is -0.394 e. The molecule has 16 heavy (non-hydrogen) atoms. The van der Waals surface area contributed by atoms with Crippen LogP contribution in [0.4, 0.5) is 0 Å². The van der Waals surface area contributed by atoms with E-state index in [4.69, 9.17) is 0 Å². The molecule has 0 aromatic carbocycles. The first kappa shape index (κ1) is 12.1. The smallest absolute Gasteiger partial charge is 0.0615 e.